The number of amides is 2. The van der Waals surface area contributed by atoms with E-state index in [0.29, 0.717) is 25.4 Å². The number of rotatable bonds is 3. The molecule has 6 nitrogen and oxygen atoms in total. The summed E-state index contributed by atoms with van der Waals surface area (Å²) in [7, 11) is 0. The Hall–Kier alpha value is -2.03. The molecule has 1 fully saturated rings. The first-order valence-electron chi connectivity index (χ1n) is 6.66. The second kappa shape index (κ2) is 6.82. The van der Waals surface area contributed by atoms with E-state index in [2.05, 4.69) is 15.0 Å². The monoisotopic (exact) mass is 319 g/mol. The Morgan fingerprint density at radius 2 is 2.32 bits per heavy atom. The zero-order valence-electron chi connectivity index (χ0n) is 11.9. The predicted octanol–water partition coefficient (Wildman–Crippen LogP) is 2.28. The SMILES string of the molecule is C[C@@H]1CN(C(=O)Nc2ccc(OCC(F)(F)F)nc2)CCO1. The molecule has 0 aliphatic carbocycles. The van der Waals surface area contributed by atoms with Crippen molar-refractivity contribution >= 4 is 11.7 Å². The van der Waals surface area contributed by atoms with Gasteiger partial charge in [-0.2, -0.15) is 13.2 Å². The molecule has 0 aromatic carbocycles. The Morgan fingerprint density at radius 3 is 2.91 bits per heavy atom. The zero-order valence-corrected chi connectivity index (χ0v) is 11.9. The first-order chi connectivity index (χ1) is 10.3. The summed E-state index contributed by atoms with van der Waals surface area (Å²) < 4.78 is 45.8. The topological polar surface area (TPSA) is 63.7 Å². The van der Waals surface area contributed by atoms with Crippen LogP contribution < -0.4 is 10.1 Å². The van der Waals surface area contributed by atoms with Crippen LogP contribution >= 0.6 is 0 Å². The van der Waals surface area contributed by atoms with E-state index in [1.807, 2.05) is 6.92 Å². The van der Waals surface area contributed by atoms with E-state index >= 15 is 0 Å². The molecule has 1 aromatic rings. The number of halogens is 3. The number of alkyl halides is 3. The van der Waals surface area contributed by atoms with Crippen LogP contribution in [0.2, 0.25) is 0 Å². The second-order valence-corrected chi connectivity index (χ2v) is 4.85. The van der Waals surface area contributed by atoms with Gasteiger partial charge in [0.15, 0.2) is 6.61 Å². The van der Waals surface area contributed by atoms with Gasteiger partial charge in [0, 0.05) is 19.2 Å². The number of morpholine rings is 1. The van der Waals surface area contributed by atoms with Crippen molar-refractivity contribution in [1.82, 2.24) is 9.88 Å². The van der Waals surface area contributed by atoms with Crippen LogP contribution in [-0.4, -0.2) is 54.5 Å². The van der Waals surface area contributed by atoms with E-state index in [4.69, 9.17) is 4.74 Å². The number of carbonyl (C=O) groups is 1. The molecule has 1 aromatic heterocycles. The quantitative estimate of drug-likeness (QED) is 0.928. The van der Waals surface area contributed by atoms with Crippen molar-refractivity contribution in [3.63, 3.8) is 0 Å². The predicted molar refractivity (Wildman–Crippen MR) is 71.8 cm³/mol. The number of hydrogen-bond acceptors (Lipinski definition) is 4. The average Bonchev–Trinajstić information content (AvgIpc) is 2.46. The fourth-order valence-electron chi connectivity index (χ4n) is 1.90. The molecule has 1 saturated heterocycles. The van der Waals surface area contributed by atoms with Crippen LogP contribution in [0.1, 0.15) is 6.92 Å². The summed E-state index contributed by atoms with van der Waals surface area (Å²) in [5.74, 6) is -0.157. The smallest absolute Gasteiger partial charge is 0.422 e. The number of urea groups is 1. The van der Waals surface area contributed by atoms with Crippen LogP contribution in [0.25, 0.3) is 0 Å². The summed E-state index contributed by atoms with van der Waals surface area (Å²) in [4.78, 5) is 17.3. The van der Waals surface area contributed by atoms with Crippen LogP contribution in [0.4, 0.5) is 23.7 Å². The lowest BCUT2D eigenvalue weighted by Crippen LogP contribution is -2.46. The number of anilines is 1. The normalized spacial score (nSPS) is 18.9. The minimum Gasteiger partial charge on any atom is -0.468 e. The maximum absolute atomic E-state index is 12.0. The van der Waals surface area contributed by atoms with Gasteiger partial charge in [0.05, 0.1) is 24.6 Å². The molecule has 122 valence electrons. The molecular formula is C13H16F3N3O3. The molecule has 0 radical (unpaired) electrons. The summed E-state index contributed by atoms with van der Waals surface area (Å²) in [6.45, 7) is 1.89. The summed E-state index contributed by atoms with van der Waals surface area (Å²) in [5.41, 5.74) is 0.378. The van der Waals surface area contributed by atoms with Gasteiger partial charge in [-0.3, -0.25) is 0 Å². The minimum absolute atomic E-state index is 0.0317. The lowest BCUT2D eigenvalue weighted by Gasteiger charge is -2.31. The Balaban J connectivity index is 1.86. The molecule has 1 aliphatic rings. The molecule has 1 atom stereocenters. The number of pyridine rings is 1. The van der Waals surface area contributed by atoms with Gasteiger partial charge < -0.3 is 19.7 Å². The third-order valence-corrected chi connectivity index (χ3v) is 2.90. The fourth-order valence-corrected chi connectivity index (χ4v) is 1.90. The highest BCUT2D eigenvalue weighted by Gasteiger charge is 2.28. The minimum atomic E-state index is -4.42. The molecule has 22 heavy (non-hydrogen) atoms. The van der Waals surface area contributed by atoms with E-state index in [1.165, 1.54) is 18.3 Å². The molecule has 0 saturated carbocycles. The van der Waals surface area contributed by atoms with Gasteiger partial charge >= 0.3 is 12.2 Å². The molecule has 2 heterocycles. The maximum atomic E-state index is 12.0. The number of ether oxygens (including phenoxy) is 2. The van der Waals surface area contributed by atoms with Crippen molar-refractivity contribution in [3.05, 3.63) is 18.3 Å². The highest BCUT2D eigenvalue weighted by Crippen LogP contribution is 2.18. The molecule has 9 heteroatoms. The van der Waals surface area contributed by atoms with Crippen molar-refractivity contribution in [1.29, 1.82) is 0 Å². The van der Waals surface area contributed by atoms with Crippen LogP contribution in [0.5, 0.6) is 5.88 Å². The molecule has 2 amide bonds. The zero-order chi connectivity index (χ0) is 16.2. The number of carbonyl (C=O) groups excluding carboxylic acids is 1. The Kier molecular flexibility index (Phi) is 5.07. The van der Waals surface area contributed by atoms with Crippen molar-refractivity contribution in [3.8, 4) is 5.88 Å². The van der Waals surface area contributed by atoms with Crippen molar-refractivity contribution in [2.24, 2.45) is 0 Å². The van der Waals surface area contributed by atoms with Gasteiger partial charge in [-0.05, 0) is 13.0 Å². The van der Waals surface area contributed by atoms with E-state index in [1.54, 1.807) is 4.90 Å². The largest absolute Gasteiger partial charge is 0.468 e. The van der Waals surface area contributed by atoms with Crippen molar-refractivity contribution in [2.75, 3.05) is 31.6 Å². The summed E-state index contributed by atoms with van der Waals surface area (Å²) in [5, 5.41) is 2.62. The van der Waals surface area contributed by atoms with Crippen LogP contribution in [0.15, 0.2) is 18.3 Å². The van der Waals surface area contributed by atoms with Gasteiger partial charge in [0.25, 0.3) is 0 Å². The average molecular weight is 319 g/mol. The van der Waals surface area contributed by atoms with Crippen molar-refractivity contribution < 1.29 is 27.4 Å². The van der Waals surface area contributed by atoms with E-state index in [9.17, 15) is 18.0 Å². The highest BCUT2D eigenvalue weighted by molar-refractivity contribution is 5.89. The van der Waals surface area contributed by atoms with E-state index in [-0.39, 0.29) is 18.0 Å². The van der Waals surface area contributed by atoms with Gasteiger partial charge in [0.2, 0.25) is 5.88 Å². The Morgan fingerprint density at radius 1 is 1.55 bits per heavy atom. The number of aromatic nitrogens is 1. The van der Waals surface area contributed by atoms with Gasteiger partial charge in [-0.15, -0.1) is 0 Å². The van der Waals surface area contributed by atoms with Crippen LogP contribution in [-0.2, 0) is 4.74 Å². The third kappa shape index (κ3) is 5.06. The van der Waals surface area contributed by atoms with Crippen LogP contribution in [0, 0.1) is 0 Å². The van der Waals surface area contributed by atoms with Crippen molar-refractivity contribution in [2.45, 2.75) is 19.2 Å². The molecule has 0 spiro atoms. The lowest BCUT2D eigenvalue weighted by atomic mass is 10.3. The molecule has 2 rings (SSSR count). The summed E-state index contributed by atoms with van der Waals surface area (Å²) in [6.07, 6.45) is -3.20. The number of nitrogens with zero attached hydrogens (tertiary/aromatic N) is 2. The molecule has 1 N–H and O–H groups in total. The lowest BCUT2D eigenvalue weighted by molar-refractivity contribution is -0.154. The highest BCUT2D eigenvalue weighted by atomic mass is 19.4. The molecular weight excluding hydrogens is 303 g/mol. The van der Waals surface area contributed by atoms with Crippen LogP contribution in [0.3, 0.4) is 0 Å². The number of nitrogens with one attached hydrogen (secondary N) is 1. The number of hydrogen-bond donors (Lipinski definition) is 1. The molecule has 0 unspecified atom stereocenters. The second-order valence-electron chi connectivity index (χ2n) is 4.85. The first kappa shape index (κ1) is 16.3. The van der Waals surface area contributed by atoms with Gasteiger partial charge in [-0.1, -0.05) is 0 Å². The van der Waals surface area contributed by atoms with Gasteiger partial charge in [0.1, 0.15) is 0 Å². The Labute approximate surface area is 125 Å². The third-order valence-electron chi connectivity index (χ3n) is 2.90. The first-order valence-corrected chi connectivity index (χ1v) is 6.66. The summed E-state index contributed by atoms with van der Waals surface area (Å²) in [6, 6.07) is 2.39. The molecule has 1 aliphatic heterocycles. The summed E-state index contributed by atoms with van der Waals surface area (Å²) >= 11 is 0. The maximum Gasteiger partial charge on any atom is 0.422 e. The fraction of sp³-hybridized carbons (Fsp3) is 0.538. The van der Waals surface area contributed by atoms with E-state index < -0.39 is 12.8 Å². The van der Waals surface area contributed by atoms with Gasteiger partial charge in [-0.25, -0.2) is 9.78 Å². The standard InChI is InChI=1S/C13H16F3N3O3/c1-9-7-19(4-5-21-9)12(20)18-10-2-3-11(17-6-10)22-8-13(14,15)16/h2-3,6,9H,4-5,7-8H2,1H3,(H,18,20)/t9-/m1/s1. The van der Waals surface area contributed by atoms with E-state index in [0.717, 1.165) is 0 Å². The molecule has 0 bridgehead atoms. The Bertz CT molecular complexity index is 507.